The van der Waals surface area contributed by atoms with Crippen LogP contribution in [0.5, 0.6) is 0 Å². The van der Waals surface area contributed by atoms with Crippen LogP contribution in [0, 0.1) is 11.7 Å². The van der Waals surface area contributed by atoms with Gasteiger partial charge in [0.2, 0.25) is 11.8 Å². The van der Waals surface area contributed by atoms with Gasteiger partial charge in [-0.25, -0.2) is 4.39 Å². The van der Waals surface area contributed by atoms with Crippen LogP contribution in [0.3, 0.4) is 0 Å². The molecule has 1 aromatic carbocycles. The van der Waals surface area contributed by atoms with Gasteiger partial charge in [-0.2, -0.15) is 0 Å². The van der Waals surface area contributed by atoms with Crippen molar-refractivity contribution < 1.29 is 28.2 Å². The lowest BCUT2D eigenvalue weighted by atomic mass is 9.97. The van der Waals surface area contributed by atoms with Gasteiger partial charge < -0.3 is 19.3 Å². The predicted octanol–water partition coefficient (Wildman–Crippen LogP) is 0.642. The Labute approximate surface area is 161 Å². The van der Waals surface area contributed by atoms with Crippen molar-refractivity contribution in [2.75, 3.05) is 32.2 Å². The number of rotatable bonds is 5. The second kappa shape index (κ2) is 7.14. The molecule has 3 aliphatic rings. The highest BCUT2D eigenvalue weighted by atomic mass is 19.1. The van der Waals surface area contributed by atoms with E-state index >= 15 is 0 Å². The van der Waals surface area contributed by atoms with Gasteiger partial charge in [0.1, 0.15) is 11.9 Å². The van der Waals surface area contributed by atoms with Crippen LogP contribution in [0.1, 0.15) is 28.8 Å². The number of piperidine rings is 1. The summed E-state index contributed by atoms with van der Waals surface area (Å²) in [5, 5.41) is 2.25. The first-order valence-electron chi connectivity index (χ1n) is 9.20. The van der Waals surface area contributed by atoms with Crippen molar-refractivity contribution in [3.63, 3.8) is 0 Å². The number of nitrogens with zero attached hydrogens (tertiary/aromatic N) is 2. The molecule has 0 saturated carbocycles. The minimum Gasteiger partial charge on any atom is -0.370 e. The summed E-state index contributed by atoms with van der Waals surface area (Å²) in [6.45, 7) is 1.48. The zero-order valence-electron chi connectivity index (χ0n) is 15.7. The number of nitrogens with one attached hydrogen (secondary N) is 1. The molecule has 1 N–H and O–H groups in total. The van der Waals surface area contributed by atoms with Gasteiger partial charge in [-0.05, 0) is 24.1 Å². The number of methoxy groups -OCH3 is 2. The molecular weight excluding hydrogens is 369 g/mol. The number of amides is 3. The van der Waals surface area contributed by atoms with Crippen LogP contribution in [0.4, 0.5) is 10.1 Å². The second-order valence-corrected chi connectivity index (χ2v) is 7.37. The van der Waals surface area contributed by atoms with Crippen molar-refractivity contribution >= 4 is 23.4 Å². The third-order valence-corrected chi connectivity index (χ3v) is 5.68. The fourth-order valence-corrected chi connectivity index (χ4v) is 4.20. The van der Waals surface area contributed by atoms with Crippen molar-refractivity contribution in [3.8, 4) is 0 Å². The molecule has 0 aromatic heterocycles. The van der Waals surface area contributed by atoms with Crippen LogP contribution in [0.15, 0.2) is 12.1 Å². The fourth-order valence-electron chi connectivity index (χ4n) is 4.20. The SMILES string of the molecule is COC(OC)C1CN(c2cc(F)c3c(c2)CN(C2CCC(=O)NC2=O)C3=O)C1. The van der Waals surface area contributed by atoms with Gasteiger partial charge in [0.05, 0.1) is 5.56 Å². The number of fused-ring (bicyclic) bond motifs is 1. The van der Waals surface area contributed by atoms with Crippen molar-refractivity contribution in [1.29, 1.82) is 0 Å². The van der Waals surface area contributed by atoms with Gasteiger partial charge >= 0.3 is 0 Å². The van der Waals surface area contributed by atoms with Crippen molar-refractivity contribution in [1.82, 2.24) is 10.2 Å². The van der Waals surface area contributed by atoms with E-state index in [-0.39, 0.29) is 43.1 Å². The molecule has 0 bridgehead atoms. The largest absolute Gasteiger partial charge is 0.370 e. The second-order valence-electron chi connectivity index (χ2n) is 7.37. The van der Waals surface area contributed by atoms with Crippen LogP contribution in [-0.4, -0.2) is 62.3 Å². The van der Waals surface area contributed by atoms with Gasteiger partial charge in [0, 0.05) is 51.9 Å². The number of halogens is 1. The summed E-state index contributed by atoms with van der Waals surface area (Å²) < 4.78 is 25.3. The average molecular weight is 391 g/mol. The lowest BCUT2D eigenvalue weighted by Gasteiger charge is -2.43. The van der Waals surface area contributed by atoms with E-state index in [0.717, 1.165) is 0 Å². The highest BCUT2D eigenvalue weighted by Crippen LogP contribution is 2.35. The summed E-state index contributed by atoms with van der Waals surface area (Å²) in [6.07, 6.45) is 0.113. The number of hydrogen-bond acceptors (Lipinski definition) is 6. The topological polar surface area (TPSA) is 88.2 Å². The van der Waals surface area contributed by atoms with Crippen molar-refractivity contribution in [2.24, 2.45) is 5.92 Å². The molecule has 1 atom stereocenters. The van der Waals surface area contributed by atoms with E-state index in [2.05, 4.69) is 5.32 Å². The summed E-state index contributed by atoms with van der Waals surface area (Å²) in [6, 6.07) is 2.40. The van der Waals surface area contributed by atoms with Gasteiger partial charge in [-0.1, -0.05) is 0 Å². The molecule has 4 rings (SSSR count). The summed E-state index contributed by atoms with van der Waals surface area (Å²) in [4.78, 5) is 39.5. The maximum atomic E-state index is 14.7. The van der Waals surface area contributed by atoms with Gasteiger partial charge in [0.25, 0.3) is 5.91 Å². The summed E-state index contributed by atoms with van der Waals surface area (Å²) >= 11 is 0. The molecule has 150 valence electrons. The van der Waals surface area contributed by atoms with Crippen LogP contribution in [0.25, 0.3) is 0 Å². The Morgan fingerprint density at radius 1 is 1.18 bits per heavy atom. The number of ether oxygens (including phenoxy) is 2. The highest BCUT2D eigenvalue weighted by Gasteiger charge is 2.41. The number of imide groups is 1. The normalized spacial score (nSPS) is 22.6. The Kier molecular flexibility index (Phi) is 4.80. The molecule has 0 spiro atoms. The summed E-state index contributed by atoms with van der Waals surface area (Å²) in [5.41, 5.74) is 1.26. The molecule has 2 fully saturated rings. The number of benzene rings is 1. The molecule has 3 aliphatic heterocycles. The highest BCUT2D eigenvalue weighted by molar-refractivity contribution is 6.05. The van der Waals surface area contributed by atoms with Crippen molar-refractivity contribution in [2.45, 2.75) is 31.7 Å². The quantitative estimate of drug-likeness (QED) is 0.586. The summed E-state index contributed by atoms with van der Waals surface area (Å²) in [5.74, 6) is -1.77. The molecule has 28 heavy (non-hydrogen) atoms. The van der Waals surface area contributed by atoms with E-state index in [9.17, 15) is 18.8 Å². The minimum atomic E-state index is -0.752. The first-order valence-corrected chi connectivity index (χ1v) is 9.20. The Morgan fingerprint density at radius 2 is 1.89 bits per heavy atom. The third kappa shape index (κ3) is 3.04. The lowest BCUT2D eigenvalue weighted by molar-refractivity contribution is -0.142. The van der Waals surface area contributed by atoms with E-state index in [4.69, 9.17) is 9.47 Å². The molecule has 1 unspecified atom stereocenters. The van der Waals surface area contributed by atoms with Crippen LogP contribution < -0.4 is 10.2 Å². The van der Waals surface area contributed by atoms with Gasteiger partial charge in [0.15, 0.2) is 6.29 Å². The van der Waals surface area contributed by atoms with Crippen LogP contribution >= 0.6 is 0 Å². The predicted molar refractivity (Wildman–Crippen MR) is 96.0 cm³/mol. The Bertz CT molecular complexity index is 835. The Morgan fingerprint density at radius 3 is 2.54 bits per heavy atom. The molecule has 0 aliphatic carbocycles. The molecule has 1 aromatic rings. The Hall–Kier alpha value is -2.52. The van der Waals surface area contributed by atoms with Crippen LogP contribution in [0.2, 0.25) is 0 Å². The van der Waals surface area contributed by atoms with Crippen molar-refractivity contribution in [3.05, 3.63) is 29.1 Å². The van der Waals surface area contributed by atoms with E-state index in [1.807, 2.05) is 4.90 Å². The zero-order chi connectivity index (χ0) is 20.0. The van der Waals surface area contributed by atoms with E-state index in [0.29, 0.717) is 24.3 Å². The molecule has 3 heterocycles. The molecule has 3 amide bonds. The monoisotopic (exact) mass is 391 g/mol. The molecule has 2 saturated heterocycles. The smallest absolute Gasteiger partial charge is 0.258 e. The fraction of sp³-hybridized carbons (Fsp3) is 0.526. The van der Waals surface area contributed by atoms with Gasteiger partial charge in [-0.15, -0.1) is 0 Å². The Balaban J connectivity index is 1.51. The molecule has 8 nitrogen and oxygen atoms in total. The van der Waals surface area contributed by atoms with Gasteiger partial charge in [-0.3, -0.25) is 19.7 Å². The maximum Gasteiger partial charge on any atom is 0.258 e. The minimum absolute atomic E-state index is 0.0113. The van der Waals surface area contributed by atoms with E-state index in [1.54, 1.807) is 20.3 Å². The number of carbonyl (C=O) groups is 3. The average Bonchev–Trinajstić information content (AvgIpc) is 2.94. The molecule has 0 radical (unpaired) electrons. The lowest BCUT2D eigenvalue weighted by Crippen LogP contribution is -2.53. The molecular formula is C19H22FN3O5. The first kappa shape index (κ1) is 18.8. The van der Waals surface area contributed by atoms with E-state index in [1.165, 1.54) is 11.0 Å². The van der Waals surface area contributed by atoms with Crippen LogP contribution in [-0.2, 0) is 25.6 Å². The number of carbonyl (C=O) groups excluding carboxylic acids is 3. The number of anilines is 1. The summed E-state index contributed by atoms with van der Waals surface area (Å²) in [7, 11) is 3.17. The zero-order valence-corrected chi connectivity index (χ0v) is 15.7. The number of hydrogen-bond donors (Lipinski definition) is 1. The molecule has 9 heteroatoms. The maximum absolute atomic E-state index is 14.7. The first-order chi connectivity index (χ1) is 13.4. The standard InChI is InChI=1S/C19H22FN3O5/c1-27-19(28-2)11-7-22(8-11)12-5-10-9-23(18(26)16(10)13(20)6-12)14-3-4-15(24)21-17(14)25/h5-6,11,14,19H,3-4,7-9H2,1-2H3,(H,21,24,25). The third-order valence-electron chi connectivity index (χ3n) is 5.68. The van der Waals surface area contributed by atoms with E-state index < -0.39 is 23.7 Å².